The first kappa shape index (κ1) is 20.7. The summed E-state index contributed by atoms with van der Waals surface area (Å²) in [7, 11) is 8.25. The second kappa shape index (κ2) is 9.09. The zero-order chi connectivity index (χ0) is 21.8. The Morgan fingerprint density at radius 3 is 1.90 bits per heavy atom. The zero-order valence-electron chi connectivity index (χ0n) is 18.7. The van der Waals surface area contributed by atoms with E-state index in [-0.39, 0.29) is 6.04 Å². The number of para-hydroxylation sites is 1. The molecule has 3 aromatic carbocycles. The van der Waals surface area contributed by atoms with Crippen LogP contribution in [-0.2, 0) is 0 Å². The molecule has 158 valence electrons. The van der Waals surface area contributed by atoms with Gasteiger partial charge >= 0.3 is 0 Å². The Bertz CT molecular complexity index is 1050. The van der Waals surface area contributed by atoms with Crippen molar-refractivity contribution < 1.29 is 0 Å². The molecule has 1 unspecified atom stereocenters. The molecule has 4 nitrogen and oxygen atoms in total. The van der Waals surface area contributed by atoms with Crippen molar-refractivity contribution in [3.8, 4) is 0 Å². The molecule has 1 aliphatic rings. The second-order valence-electron chi connectivity index (χ2n) is 8.30. The molecule has 0 aliphatic carbocycles. The van der Waals surface area contributed by atoms with Crippen molar-refractivity contribution in [3.63, 3.8) is 0 Å². The van der Waals surface area contributed by atoms with Crippen LogP contribution in [0.4, 0.5) is 17.1 Å². The van der Waals surface area contributed by atoms with Crippen molar-refractivity contribution in [1.29, 1.82) is 0 Å². The van der Waals surface area contributed by atoms with Crippen LogP contribution in [0.1, 0.15) is 23.6 Å². The van der Waals surface area contributed by atoms with Crippen molar-refractivity contribution in [2.24, 2.45) is 5.10 Å². The fourth-order valence-electron chi connectivity index (χ4n) is 3.78. The van der Waals surface area contributed by atoms with Crippen molar-refractivity contribution in [2.75, 3.05) is 43.0 Å². The fraction of sp³-hybridized carbons (Fsp3) is 0.222. The van der Waals surface area contributed by atoms with Crippen LogP contribution < -0.4 is 14.8 Å². The number of benzene rings is 3. The summed E-state index contributed by atoms with van der Waals surface area (Å²) in [5.41, 5.74) is 7.06. The number of hydrogen-bond acceptors (Lipinski definition) is 4. The Labute approximate surface area is 185 Å². The van der Waals surface area contributed by atoms with E-state index < -0.39 is 0 Å². The molecule has 1 atom stereocenters. The Morgan fingerprint density at radius 1 is 0.742 bits per heavy atom. The number of nitrogens with zero attached hydrogens (tertiary/aromatic N) is 4. The molecule has 1 aliphatic heterocycles. The summed E-state index contributed by atoms with van der Waals surface area (Å²) >= 11 is 0. The maximum absolute atomic E-state index is 4.98. The van der Waals surface area contributed by atoms with Crippen LogP contribution >= 0.6 is 0 Å². The number of rotatable bonds is 6. The molecule has 4 rings (SSSR count). The van der Waals surface area contributed by atoms with Crippen molar-refractivity contribution in [2.45, 2.75) is 12.5 Å². The van der Waals surface area contributed by atoms with Crippen molar-refractivity contribution >= 4 is 28.8 Å². The monoisotopic (exact) mass is 410 g/mol. The Kier molecular flexibility index (Phi) is 6.08. The lowest BCUT2D eigenvalue weighted by molar-refractivity contribution is 0.709. The number of allylic oxidation sites excluding steroid dienone is 1. The maximum atomic E-state index is 4.98. The minimum absolute atomic E-state index is 0.189. The molecular formula is C27H30N4. The molecule has 31 heavy (non-hydrogen) atoms. The molecule has 1 heterocycles. The molecule has 0 N–H and O–H groups in total. The van der Waals surface area contributed by atoms with Gasteiger partial charge in [-0.05, 0) is 53.6 Å². The predicted octanol–water partition coefficient (Wildman–Crippen LogP) is 5.84. The Hall–Kier alpha value is -3.53. The van der Waals surface area contributed by atoms with E-state index in [1.807, 2.05) is 6.07 Å². The molecule has 0 saturated carbocycles. The normalized spacial score (nSPS) is 15.9. The third-order valence-corrected chi connectivity index (χ3v) is 5.63. The van der Waals surface area contributed by atoms with Gasteiger partial charge in [-0.15, -0.1) is 0 Å². The lowest BCUT2D eigenvalue weighted by Crippen LogP contribution is -2.18. The Balaban J connectivity index is 1.59. The molecule has 3 aromatic rings. The third kappa shape index (κ3) is 4.80. The highest BCUT2D eigenvalue weighted by Gasteiger charge is 2.28. The van der Waals surface area contributed by atoms with E-state index >= 15 is 0 Å². The van der Waals surface area contributed by atoms with Crippen molar-refractivity contribution in [3.05, 3.63) is 96.1 Å². The van der Waals surface area contributed by atoms with Gasteiger partial charge in [-0.2, -0.15) is 5.10 Å². The summed E-state index contributed by atoms with van der Waals surface area (Å²) in [6.45, 7) is 0. The predicted molar refractivity (Wildman–Crippen MR) is 134 cm³/mol. The summed E-state index contributed by atoms with van der Waals surface area (Å²) in [5, 5.41) is 7.13. The number of hydrazone groups is 1. The summed E-state index contributed by atoms with van der Waals surface area (Å²) in [5.74, 6) is 0. The van der Waals surface area contributed by atoms with Gasteiger partial charge in [0.05, 0.1) is 17.4 Å². The quantitative estimate of drug-likeness (QED) is 0.510. The van der Waals surface area contributed by atoms with Crippen LogP contribution in [0.15, 0.2) is 90.0 Å². The van der Waals surface area contributed by atoms with Gasteiger partial charge in [0.2, 0.25) is 0 Å². The van der Waals surface area contributed by atoms with Gasteiger partial charge in [0.1, 0.15) is 0 Å². The van der Waals surface area contributed by atoms with Crippen LogP contribution in [0.3, 0.4) is 0 Å². The number of hydrogen-bond donors (Lipinski definition) is 0. The highest BCUT2D eigenvalue weighted by atomic mass is 15.5. The summed E-state index contributed by atoms with van der Waals surface area (Å²) in [6.07, 6.45) is 5.18. The van der Waals surface area contributed by atoms with E-state index in [1.54, 1.807) is 0 Å². The first-order valence-corrected chi connectivity index (χ1v) is 10.7. The summed E-state index contributed by atoms with van der Waals surface area (Å²) in [6, 6.07) is 28.0. The largest absolute Gasteiger partial charge is 0.378 e. The minimum atomic E-state index is 0.189. The molecule has 0 spiro atoms. The topological polar surface area (TPSA) is 22.1 Å². The molecular weight excluding hydrogens is 380 g/mol. The third-order valence-electron chi connectivity index (χ3n) is 5.63. The average molecular weight is 411 g/mol. The van der Waals surface area contributed by atoms with Crippen LogP contribution in [0.5, 0.6) is 0 Å². The SMILES string of the molecule is CN(C)c1ccc(C=CC2=NN(c3ccccc3)C(c3ccc(N(C)C)cc3)C2)cc1. The second-order valence-corrected chi connectivity index (χ2v) is 8.30. The molecule has 0 radical (unpaired) electrons. The molecule has 0 amide bonds. The van der Waals surface area contributed by atoms with Gasteiger partial charge in [0, 0.05) is 46.0 Å². The van der Waals surface area contributed by atoms with E-state index in [0.717, 1.165) is 17.8 Å². The summed E-state index contributed by atoms with van der Waals surface area (Å²) in [4.78, 5) is 4.23. The average Bonchev–Trinajstić information content (AvgIpc) is 3.23. The highest BCUT2D eigenvalue weighted by Crippen LogP contribution is 2.36. The van der Waals surface area contributed by atoms with Crippen LogP contribution in [0.25, 0.3) is 6.08 Å². The van der Waals surface area contributed by atoms with Gasteiger partial charge in [-0.1, -0.05) is 48.5 Å². The number of anilines is 3. The fourth-order valence-corrected chi connectivity index (χ4v) is 3.78. The first-order chi connectivity index (χ1) is 15.0. The lowest BCUT2D eigenvalue weighted by atomic mass is 10.0. The Morgan fingerprint density at radius 2 is 1.32 bits per heavy atom. The van der Waals surface area contributed by atoms with Gasteiger partial charge in [0.15, 0.2) is 0 Å². The van der Waals surface area contributed by atoms with E-state index in [4.69, 9.17) is 5.10 Å². The van der Waals surface area contributed by atoms with E-state index in [9.17, 15) is 0 Å². The van der Waals surface area contributed by atoms with Gasteiger partial charge < -0.3 is 9.80 Å². The highest BCUT2D eigenvalue weighted by molar-refractivity contribution is 6.01. The standard InChI is InChI=1S/C27H30N4/c1-29(2)24-16-11-21(12-17-24)10-15-23-20-27(22-13-18-25(19-14-22)30(3)4)31(28-23)26-8-6-5-7-9-26/h5-19,27H,20H2,1-4H3. The zero-order valence-corrected chi connectivity index (χ0v) is 18.7. The van der Waals surface area contributed by atoms with E-state index in [2.05, 4.69) is 128 Å². The smallest absolute Gasteiger partial charge is 0.0831 e. The lowest BCUT2D eigenvalue weighted by Gasteiger charge is -2.24. The first-order valence-electron chi connectivity index (χ1n) is 10.7. The van der Waals surface area contributed by atoms with Crippen molar-refractivity contribution in [1.82, 2.24) is 0 Å². The molecule has 0 fully saturated rings. The van der Waals surface area contributed by atoms with Crippen LogP contribution in [0.2, 0.25) is 0 Å². The van der Waals surface area contributed by atoms with E-state index in [1.165, 1.54) is 22.5 Å². The van der Waals surface area contributed by atoms with Gasteiger partial charge in [0.25, 0.3) is 0 Å². The summed E-state index contributed by atoms with van der Waals surface area (Å²) < 4.78 is 0. The maximum Gasteiger partial charge on any atom is 0.0831 e. The van der Waals surface area contributed by atoms with Crippen LogP contribution in [0, 0.1) is 0 Å². The molecule has 0 saturated heterocycles. The molecule has 4 heteroatoms. The molecule has 0 bridgehead atoms. The van der Waals surface area contributed by atoms with Gasteiger partial charge in [-0.25, -0.2) is 0 Å². The molecule has 0 aromatic heterocycles. The van der Waals surface area contributed by atoms with Crippen LogP contribution in [-0.4, -0.2) is 33.9 Å². The van der Waals surface area contributed by atoms with E-state index in [0.29, 0.717) is 0 Å². The van der Waals surface area contributed by atoms with Gasteiger partial charge in [-0.3, -0.25) is 5.01 Å². The minimum Gasteiger partial charge on any atom is -0.378 e.